The molecule has 2 aromatic carbocycles. The zero-order valence-electron chi connectivity index (χ0n) is 16.0. The molecular formula is C22H23N3O2S. The average Bonchev–Trinajstić information content (AvgIpc) is 3.11. The Morgan fingerprint density at radius 3 is 2.82 bits per heavy atom. The maximum absolute atomic E-state index is 12.4. The highest BCUT2D eigenvalue weighted by Gasteiger charge is 2.15. The first-order valence-corrected chi connectivity index (χ1v) is 10.1. The Kier molecular flexibility index (Phi) is 6.92. The van der Waals surface area contributed by atoms with Crippen molar-refractivity contribution in [1.29, 1.82) is 0 Å². The van der Waals surface area contributed by atoms with E-state index in [1.807, 2.05) is 61.5 Å². The quantitative estimate of drug-likeness (QED) is 0.330. The van der Waals surface area contributed by atoms with Crippen molar-refractivity contribution in [3.63, 3.8) is 0 Å². The van der Waals surface area contributed by atoms with Crippen LogP contribution in [0.4, 0.5) is 0 Å². The summed E-state index contributed by atoms with van der Waals surface area (Å²) in [6.45, 7) is 4.71. The van der Waals surface area contributed by atoms with E-state index in [9.17, 15) is 4.79 Å². The number of carbonyl (C=O) groups excluding carboxylic acids is 1. The predicted octanol–water partition coefficient (Wildman–Crippen LogP) is 5.06. The van der Waals surface area contributed by atoms with Gasteiger partial charge < -0.3 is 4.74 Å². The lowest BCUT2D eigenvalue weighted by molar-refractivity contribution is 0.0950. The largest absolute Gasteiger partial charge is 0.494 e. The Bertz CT molecular complexity index is 951. The first-order valence-electron chi connectivity index (χ1n) is 9.26. The molecule has 0 aliphatic rings. The van der Waals surface area contributed by atoms with Crippen molar-refractivity contribution in [2.75, 3.05) is 6.61 Å². The summed E-state index contributed by atoms with van der Waals surface area (Å²) in [7, 11) is 0. The Labute approximate surface area is 169 Å². The number of ether oxygens (including phenoxy) is 1. The number of rotatable bonds is 8. The van der Waals surface area contributed by atoms with Crippen molar-refractivity contribution in [3.05, 3.63) is 70.7 Å². The van der Waals surface area contributed by atoms with Gasteiger partial charge in [0.15, 0.2) is 0 Å². The third-order valence-electron chi connectivity index (χ3n) is 4.04. The van der Waals surface area contributed by atoms with Gasteiger partial charge in [0.05, 0.1) is 12.8 Å². The summed E-state index contributed by atoms with van der Waals surface area (Å²) in [4.78, 5) is 17.8. The molecule has 0 saturated heterocycles. The highest BCUT2D eigenvalue weighted by molar-refractivity contribution is 7.15. The summed E-state index contributed by atoms with van der Waals surface area (Å²) >= 11 is 1.50. The molecule has 1 aromatic heterocycles. The summed E-state index contributed by atoms with van der Waals surface area (Å²) in [5, 5.41) is 4.89. The van der Waals surface area contributed by atoms with Gasteiger partial charge in [-0.3, -0.25) is 4.79 Å². The normalized spacial score (nSPS) is 10.9. The van der Waals surface area contributed by atoms with Crippen LogP contribution in [-0.4, -0.2) is 23.7 Å². The van der Waals surface area contributed by atoms with Gasteiger partial charge in [-0.25, -0.2) is 10.4 Å². The summed E-state index contributed by atoms with van der Waals surface area (Å²) < 4.78 is 5.69. The molecule has 1 amide bonds. The van der Waals surface area contributed by atoms with Crippen LogP contribution in [-0.2, 0) is 0 Å². The summed E-state index contributed by atoms with van der Waals surface area (Å²) in [6, 6.07) is 17.4. The number of hydrogen-bond acceptors (Lipinski definition) is 5. The maximum Gasteiger partial charge on any atom is 0.291 e. The van der Waals surface area contributed by atoms with Crippen molar-refractivity contribution in [3.8, 4) is 16.3 Å². The van der Waals surface area contributed by atoms with Crippen LogP contribution in [0.15, 0.2) is 59.7 Å². The van der Waals surface area contributed by atoms with Crippen LogP contribution in [0.2, 0.25) is 0 Å². The first-order chi connectivity index (χ1) is 13.7. The van der Waals surface area contributed by atoms with Crippen LogP contribution in [0.5, 0.6) is 5.75 Å². The van der Waals surface area contributed by atoms with Crippen LogP contribution in [0.3, 0.4) is 0 Å². The zero-order chi connectivity index (χ0) is 19.8. The van der Waals surface area contributed by atoms with Gasteiger partial charge in [-0.2, -0.15) is 5.10 Å². The Morgan fingerprint density at radius 2 is 2.04 bits per heavy atom. The molecular weight excluding hydrogens is 370 g/mol. The number of carbonyl (C=O) groups is 1. The van der Waals surface area contributed by atoms with Crippen molar-refractivity contribution in [2.24, 2.45) is 5.10 Å². The second kappa shape index (κ2) is 9.80. The fourth-order valence-electron chi connectivity index (χ4n) is 2.55. The number of amides is 1. The molecule has 0 bridgehead atoms. The second-order valence-electron chi connectivity index (χ2n) is 6.26. The number of aromatic nitrogens is 1. The monoisotopic (exact) mass is 393 g/mol. The minimum absolute atomic E-state index is 0.317. The molecule has 0 aliphatic carbocycles. The first kappa shape index (κ1) is 19.8. The topological polar surface area (TPSA) is 63.6 Å². The summed E-state index contributed by atoms with van der Waals surface area (Å²) in [6.07, 6.45) is 3.71. The molecule has 144 valence electrons. The zero-order valence-corrected chi connectivity index (χ0v) is 16.8. The molecule has 0 aliphatic heterocycles. The SMILES string of the molecule is CCCCOc1cccc(/C=N\NC(=O)c2nc(-c3ccccc3)sc2C)c1. The molecule has 3 rings (SSSR count). The number of unbranched alkanes of at least 4 members (excludes halogenated alkanes) is 1. The third-order valence-corrected chi connectivity index (χ3v) is 5.06. The van der Waals surface area contributed by atoms with E-state index in [4.69, 9.17) is 4.74 Å². The van der Waals surface area contributed by atoms with Crippen molar-refractivity contribution < 1.29 is 9.53 Å². The molecule has 3 aromatic rings. The smallest absolute Gasteiger partial charge is 0.291 e. The molecule has 0 unspecified atom stereocenters. The van der Waals surface area contributed by atoms with Crippen molar-refractivity contribution in [2.45, 2.75) is 26.7 Å². The highest BCUT2D eigenvalue weighted by Crippen LogP contribution is 2.27. The number of thiazole rings is 1. The molecule has 1 N–H and O–H groups in total. The second-order valence-corrected chi connectivity index (χ2v) is 7.47. The molecule has 0 spiro atoms. The third kappa shape index (κ3) is 5.27. The lowest BCUT2D eigenvalue weighted by Crippen LogP contribution is -2.18. The average molecular weight is 394 g/mol. The lowest BCUT2D eigenvalue weighted by atomic mass is 10.2. The maximum atomic E-state index is 12.4. The minimum atomic E-state index is -0.317. The van der Waals surface area contributed by atoms with E-state index < -0.39 is 0 Å². The summed E-state index contributed by atoms with van der Waals surface area (Å²) in [5.74, 6) is 0.481. The van der Waals surface area contributed by atoms with Crippen LogP contribution >= 0.6 is 11.3 Å². The molecule has 1 heterocycles. The molecule has 6 heteroatoms. The van der Waals surface area contributed by atoms with E-state index in [1.54, 1.807) is 6.21 Å². The van der Waals surface area contributed by atoms with Crippen molar-refractivity contribution in [1.82, 2.24) is 10.4 Å². The number of hydrogen-bond donors (Lipinski definition) is 1. The minimum Gasteiger partial charge on any atom is -0.494 e. The number of nitrogens with one attached hydrogen (secondary N) is 1. The number of aryl methyl sites for hydroxylation is 1. The fourth-order valence-corrected chi connectivity index (χ4v) is 3.46. The molecule has 28 heavy (non-hydrogen) atoms. The molecule has 0 saturated carbocycles. The van der Waals surface area contributed by atoms with Gasteiger partial charge in [-0.05, 0) is 31.0 Å². The number of benzene rings is 2. The van der Waals surface area contributed by atoms with Crippen LogP contribution in [0.1, 0.15) is 40.7 Å². The molecule has 0 atom stereocenters. The number of nitrogens with zero attached hydrogens (tertiary/aromatic N) is 2. The van der Waals surface area contributed by atoms with Crippen LogP contribution in [0, 0.1) is 6.92 Å². The highest BCUT2D eigenvalue weighted by atomic mass is 32.1. The van der Waals surface area contributed by atoms with Crippen LogP contribution < -0.4 is 10.2 Å². The number of hydrazone groups is 1. The predicted molar refractivity (Wildman–Crippen MR) is 114 cm³/mol. The van der Waals surface area contributed by atoms with Crippen LogP contribution in [0.25, 0.3) is 10.6 Å². The summed E-state index contributed by atoms with van der Waals surface area (Å²) in [5.41, 5.74) is 4.81. The van der Waals surface area contributed by atoms with Gasteiger partial charge in [0.2, 0.25) is 0 Å². The Morgan fingerprint density at radius 1 is 1.21 bits per heavy atom. The standard InChI is InChI=1S/C22H23N3O2S/c1-3-4-13-27-19-12-8-9-17(14-19)15-23-25-21(26)20-16(2)28-22(24-20)18-10-6-5-7-11-18/h5-12,14-15H,3-4,13H2,1-2H3,(H,25,26)/b23-15-. The van der Waals surface area contributed by atoms with E-state index in [2.05, 4.69) is 22.4 Å². The molecule has 0 fully saturated rings. The molecule has 0 radical (unpaired) electrons. The van der Waals surface area contributed by atoms with Gasteiger partial charge in [-0.1, -0.05) is 55.8 Å². The molecule has 5 nitrogen and oxygen atoms in total. The van der Waals surface area contributed by atoms with Gasteiger partial charge in [-0.15, -0.1) is 11.3 Å². The van der Waals surface area contributed by atoms with Gasteiger partial charge in [0.25, 0.3) is 5.91 Å². The van der Waals surface area contributed by atoms with Gasteiger partial charge in [0.1, 0.15) is 16.5 Å². The van der Waals surface area contributed by atoms with E-state index in [0.717, 1.165) is 39.6 Å². The lowest BCUT2D eigenvalue weighted by Gasteiger charge is -2.05. The fraction of sp³-hybridized carbons (Fsp3) is 0.227. The van der Waals surface area contributed by atoms with E-state index in [0.29, 0.717) is 12.3 Å². The van der Waals surface area contributed by atoms with Gasteiger partial charge >= 0.3 is 0 Å². The van der Waals surface area contributed by atoms with E-state index in [-0.39, 0.29) is 5.91 Å². The van der Waals surface area contributed by atoms with Crippen molar-refractivity contribution >= 4 is 23.5 Å². The Balaban J connectivity index is 1.63. The van der Waals surface area contributed by atoms with Gasteiger partial charge in [0, 0.05) is 10.4 Å². The van der Waals surface area contributed by atoms with E-state index in [1.165, 1.54) is 11.3 Å². The van der Waals surface area contributed by atoms with E-state index >= 15 is 0 Å². The Hall–Kier alpha value is -2.99.